The maximum atomic E-state index is 12.4. The van der Waals surface area contributed by atoms with Crippen molar-refractivity contribution in [2.24, 2.45) is 5.92 Å². The Kier molecular flexibility index (Phi) is 7.55. The van der Waals surface area contributed by atoms with Crippen molar-refractivity contribution in [1.82, 2.24) is 0 Å². The monoisotopic (exact) mass is 428 g/mol. The minimum atomic E-state index is -1.84. The summed E-state index contributed by atoms with van der Waals surface area (Å²) in [5, 5.41) is 14.0. The number of nitro benzene ring substituents is 1. The molecular formula is C23H32N2O4Si. The van der Waals surface area contributed by atoms with Crippen molar-refractivity contribution in [1.29, 1.82) is 0 Å². The number of rotatable bonds is 9. The molecule has 0 saturated carbocycles. The second-order valence-electron chi connectivity index (χ2n) is 8.91. The first-order valence-corrected chi connectivity index (χ1v) is 13.1. The Morgan fingerprint density at radius 2 is 1.73 bits per heavy atom. The molecule has 0 saturated heterocycles. The van der Waals surface area contributed by atoms with Gasteiger partial charge < -0.3 is 9.74 Å². The molecule has 1 N–H and O–H groups in total. The molecule has 0 spiro atoms. The summed E-state index contributed by atoms with van der Waals surface area (Å²) in [6, 6.07) is 13.4. The van der Waals surface area contributed by atoms with E-state index in [2.05, 4.69) is 46.1 Å². The van der Waals surface area contributed by atoms with Crippen molar-refractivity contribution in [3.8, 4) is 0 Å². The van der Waals surface area contributed by atoms with Gasteiger partial charge in [0.2, 0.25) is 0 Å². The first-order valence-electron chi connectivity index (χ1n) is 10.2. The van der Waals surface area contributed by atoms with Gasteiger partial charge >= 0.3 is 0 Å². The summed E-state index contributed by atoms with van der Waals surface area (Å²) in [7, 11) is -1.84. The van der Waals surface area contributed by atoms with E-state index in [1.165, 1.54) is 18.2 Å². The highest BCUT2D eigenvalue weighted by Gasteiger charge is 2.43. The van der Waals surface area contributed by atoms with Crippen molar-refractivity contribution in [3.05, 3.63) is 69.8 Å². The first kappa shape index (κ1) is 23.8. The molecule has 0 aromatic heterocycles. The fourth-order valence-electron chi connectivity index (χ4n) is 3.08. The summed E-state index contributed by atoms with van der Waals surface area (Å²) in [6.45, 7) is 14.3. The Morgan fingerprint density at radius 3 is 2.30 bits per heavy atom. The van der Waals surface area contributed by atoms with Gasteiger partial charge in [-0.05, 0) is 54.2 Å². The maximum absolute atomic E-state index is 12.4. The van der Waals surface area contributed by atoms with E-state index in [1.807, 2.05) is 24.3 Å². The van der Waals surface area contributed by atoms with E-state index in [0.717, 1.165) is 12.0 Å². The number of benzene rings is 2. The van der Waals surface area contributed by atoms with Crippen LogP contribution in [0, 0.1) is 16.0 Å². The number of hydrogen-bond donors (Lipinski definition) is 1. The fraction of sp³-hybridized carbons (Fsp3) is 0.435. The van der Waals surface area contributed by atoms with Crippen LogP contribution < -0.4 is 5.32 Å². The van der Waals surface area contributed by atoms with Crippen LogP contribution in [0.25, 0.3) is 0 Å². The summed E-state index contributed by atoms with van der Waals surface area (Å²) >= 11 is 0. The summed E-state index contributed by atoms with van der Waals surface area (Å²) < 4.78 is 6.35. The molecule has 2 aromatic rings. The third-order valence-corrected chi connectivity index (χ3v) is 11.0. The van der Waals surface area contributed by atoms with Crippen molar-refractivity contribution >= 4 is 25.6 Å². The Hall–Kier alpha value is -2.51. The zero-order valence-electron chi connectivity index (χ0n) is 18.7. The van der Waals surface area contributed by atoms with E-state index in [0.29, 0.717) is 18.2 Å². The molecule has 1 amide bonds. The van der Waals surface area contributed by atoms with Gasteiger partial charge in [0, 0.05) is 18.4 Å². The highest BCUT2D eigenvalue weighted by molar-refractivity contribution is 6.74. The highest BCUT2D eigenvalue weighted by atomic mass is 28.4. The number of anilines is 1. The van der Waals surface area contributed by atoms with Crippen molar-refractivity contribution in [2.75, 3.05) is 11.9 Å². The minimum absolute atomic E-state index is 0.0416. The largest absolute Gasteiger partial charge is 0.416 e. The predicted molar refractivity (Wildman–Crippen MR) is 124 cm³/mol. The lowest BCUT2D eigenvalue weighted by Gasteiger charge is -2.42. The standard InChI is InChI=1S/C23H32N2O4Si/c1-17(2)23(3,4)30(5,6)29-16-15-18-11-13-19(14-12-18)24-22(26)20-9-7-8-10-21(20)25(27)28/h7-14,17H,15-16H2,1-6H3,(H,24,26). The molecule has 0 aliphatic carbocycles. The second kappa shape index (κ2) is 9.53. The lowest BCUT2D eigenvalue weighted by atomic mass is 9.99. The molecule has 2 rings (SSSR count). The molecular weight excluding hydrogens is 396 g/mol. The zero-order chi connectivity index (χ0) is 22.5. The van der Waals surface area contributed by atoms with Crippen LogP contribution in [0.1, 0.15) is 43.6 Å². The van der Waals surface area contributed by atoms with Crippen LogP contribution in [0.3, 0.4) is 0 Å². The predicted octanol–water partition coefficient (Wildman–Crippen LogP) is 6.05. The number of hydrogen-bond acceptors (Lipinski definition) is 4. The Bertz CT molecular complexity index is 892. The zero-order valence-corrected chi connectivity index (χ0v) is 19.7. The molecule has 0 radical (unpaired) electrons. The number of amides is 1. The highest BCUT2D eigenvalue weighted by Crippen LogP contribution is 2.44. The summed E-state index contributed by atoms with van der Waals surface area (Å²) in [5.74, 6) is 0.0598. The van der Waals surface area contributed by atoms with Crippen molar-refractivity contribution in [2.45, 2.75) is 52.2 Å². The van der Waals surface area contributed by atoms with Gasteiger partial charge in [0.15, 0.2) is 8.32 Å². The number of para-hydroxylation sites is 1. The minimum Gasteiger partial charge on any atom is -0.416 e. The van der Waals surface area contributed by atoms with Crippen molar-refractivity contribution < 1.29 is 14.1 Å². The molecule has 0 unspecified atom stereocenters. The van der Waals surface area contributed by atoms with Gasteiger partial charge in [-0.1, -0.05) is 52.0 Å². The van der Waals surface area contributed by atoms with Gasteiger partial charge in [-0.2, -0.15) is 0 Å². The number of nitrogens with zero attached hydrogens (tertiary/aromatic N) is 1. The SMILES string of the molecule is CC(C)C(C)(C)[Si](C)(C)OCCc1ccc(NC(=O)c2ccccc2[N+](=O)[O-])cc1. The smallest absolute Gasteiger partial charge is 0.282 e. The van der Waals surface area contributed by atoms with E-state index in [9.17, 15) is 14.9 Å². The number of carbonyl (C=O) groups excluding carboxylic acids is 1. The van der Waals surface area contributed by atoms with Crippen LogP contribution in [0.5, 0.6) is 0 Å². The van der Waals surface area contributed by atoms with Gasteiger partial charge in [-0.3, -0.25) is 14.9 Å². The Balaban J connectivity index is 1.96. The van der Waals surface area contributed by atoms with Crippen LogP contribution in [0.4, 0.5) is 11.4 Å². The second-order valence-corrected chi connectivity index (χ2v) is 13.5. The normalized spacial score (nSPS) is 12.1. The Labute approximate surface area is 179 Å². The van der Waals surface area contributed by atoms with Crippen molar-refractivity contribution in [3.63, 3.8) is 0 Å². The van der Waals surface area contributed by atoms with Crippen LogP contribution >= 0.6 is 0 Å². The number of carbonyl (C=O) groups is 1. The van der Waals surface area contributed by atoms with Crippen LogP contribution in [-0.4, -0.2) is 25.8 Å². The van der Waals surface area contributed by atoms with E-state index < -0.39 is 19.1 Å². The van der Waals surface area contributed by atoms with E-state index in [-0.39, 0.29) is 16.3 Å². The molecule has 0 heterocycles. The molecule has 162 valence electrons. The average Bonchev–Trinajstić information content (AvgIpc) is 2.68. The van der Waals surface area contributed by atoms with Gasteiger partial charge in [-0.15, -0.1) is 0 Å². The quantitative estimate of drug-likeness (QED) is 0.299. The van der Waals surface area contributed by atoms with Gasteiger partial charge in [-0.25, -0.2) is 0 Å². The first-order chi connectivity index (χ1) is 14.0. The van der Waals surface area contributed by atoms with Crippen LogP contribution in [-0.2, 0) is 10.8 Å². The van der Waals surface area contributed by atoms with Crippen LogP contribution in [0.2, 0.25) is 18.1 Å². The molecule has 2 aromatic carbocycles. The van der Waals surface area contributed by atoms with Crippen LogP contribution in [0.15, 0.2) is 48.5 Å². The van der Waals surface area contributed by atoms with Gasteiger partial charge in [0.25, 0.3) is 11.6 Å². The molecule has 0 fully saturated rings. The molecule has 0 aliphatic rings. The van der Waals surface area contributed by atoms with Gasteiger partial charge in [0.1, 0.15) is 5.56 Å². The number of nitrogens with one attached hydrogen (secondary N) is 1. The molecule has 6 nitrogen and oxygen atoms in total. The summed E-state index contributed by atoms with van der Waals surface area (Å²) in [5.41, 5.74) is 1.55. The molecule has 0 atom stereocenters. The van der Waals surface area contributed by atoms with E-state index in [1.54, 1.807) is 6.07 Å². The molecule has 0 bridgehead atoms. The van der Waals surface area contributed by atoms with E-state index in [4.69, 9.17) is 4.43 Å². The lowest BCUT2D eigenvalue weighted by Crippen LogP contribution is -2.45. The number of nitro groups is 1. The van der Waals surface area contributed by atoms with E-state index >= 15 is 0 Å². The molecule has 0 aliphatic heterocycles. The fourth-order valence-corrected chi connectivity index (χ4v) is 5.46. The third-order valence-electron chi connectivity index (χ3n) is 6.41. The molecule has 7 heteroatoms. The third kappa shape index (κ3) is 5.55. The van der Waals surface area contributed by atoms with Gasteiger partial charge in [0.05, 0.1) is 4.92 Å². The summed E-state index contributed by atoms with van der Waals surface area (Å²) in [4.78, 5) is 23.0. The summed E-state index contributed by atoms with van der Waals surface area (Å²) in [6.07, 6.45) is 0.795. The topological polar surface area (TPSA) is 81.5 Å². The Morgan fingerprint density at radius 1 is 1.13 bits per heavy atom. The lowest BCUT2D eigenvalue weighted by molar-refractivity contribution is -0.385. The molecule has 30 heavy (non-hydrogen) atoms. The average molecular weight is 429 g/mol. The maximum Gasteiger partial charge on any atom is 0.282 e.